The second-order valence-corrected chi connectivity index (χ2v) is 4.10. The van der Waals surface area contributed by atoms with E-state index in [1.807, 2.05) is 12.5 Å². The van der Waals surface area contributed by atoms with E-state index in [0.29, 0.717) is 6.42 Å². The zero-order valence-corrected chi connectivity index (χ0v) is 9.51. The van der Waals surface area contributed by atoms with Gasteiger partial charge in [0.1, 0.15) is 6.04 Å². The van der Waals surface area contributed by atoms with Crippen molar-refractivity contribution in [2.24, 2.45) is 5.73 Å². The lowest BCUT2D eigenvalue weighted by Crippen LogP contribution is -2.30. The molecule has 0 aromatic rings. The van der Waals surface area contributed by atoms with Crippen LogP contribution in [0.2, 0.25) is 0 Å². The van der Waals surface area contributed by atoms with Crippen molar-refractivity contribution in [1.82, 2.24) is 0 Å². The quantitative estimate of drug-likeness (QED) is 0.771. The number of thioether (sulfide) groups is 1. The highest BCUT2D eigenvalue weighted by atomic mass is 35.7. The van der Waals surface area contributed by atoms with Crippen LogP contribution in [0.15, 0.2) is 0 Å². The van der Waals surface area contributed by atoms with Gasteiger partial charge in [-0.15, -0.1) is 0 Å². The van der Waals surface area contributed by atoms with Gasteiger partial charge in [0.15, 0.2) is 0 Å². The number of carboxylic acid groups (broad SMARTS) is 1. The van der Waals surface area contributed by atoms with Crippen LogP contribution in [0, 0.1) is 0 Å². The first-order chi connectivity index (χ1) is 5.59. The average molecular weight is 232 g/mol. The molecule has 0 saturated heterocycles. The van der Waals surface area contributed by atoms with Crippen LogP contribution in [0.4, 0.5) is 0 Å². The van der Waals surface area contributed by atoms with E-state index in [-0.39, 0.29) is 0 Å². The van der Waals surface area contributed by atoms with Gasteiger partial charge in [-0.25, -0.2) is 0 Å². The second-order valence-electron chi connectivity index (χ2n) is 1.88. The highest BCUT2D eigenvalue weighted by Crippen LogP contribution is 1.97. The third-order valence-corrected chi connectivity index (χ3v) is 1.59. The Bertz CT molecular complexity index is 116. The third-order valence-electron chi connectivity index (χ3n) is 0.950. The molecule has 6 heteroatoms. The number of nitrogens with two attached hydrogens (primary N) is 1. The molecule has 12 heavy (non-hydrogen) atoms. The van der Waals surface area contributed by atoms with Crippen molar-refractivity contribution in [3.63, 3.8) is 0 Å². The largest absolute Gasteiger partial charge is 0.480 e. The maximum Gasteiger partial charge on any atom is 0.320 e. The first-order valence-electron chi connectivity index (χ1n) is 3.22. The first-order valence-corrected chi connectivity index (χ1v) is 6.66. The molecule has 0 radical (unpaired) electrons. The van der Waals surface area contributed by atoms with E-state index in [0.717, 1.165) is 5.75 Å². The average Bonchev–Trinajstić information content (AvgIpc) is 2.01. The predicted octanol–water partition coefficient (Wildman–Crippen LogP) is 1.65. The molecule has 1 atom stereocenters. The number of carboxylic acids is 1. The fourth-order valence-electron chi connectivity index (χ4n) is 0.368. The Kier molecular flexibility index (Phi) is 14.2. The fourth-order valence-corrected chi connectivity index (χ4v) is 0.858. The highest BCUT2D eigenvalue weighted by Gasteiger charge is 2.08. The molecule has 0 aliphatic carbocycles. The predicted molar refractivity (Wildman–Crippen MR) is 58.0 cm³/mol. The summed E-state index contributed by atoms with van der Waals surface area (Å²) in [5, 5.41) is 8.27. The summed E-state index contributed by atoms with van der Waals surface area (Å²) >= 11 is 1.60. The van der Waals surface area contributed by atoms with Crippen molar-refractivity contribution in [2.75, 3.05) is 18.3 Å². The van der Waals surface area contributed by atoms with Crippen molar-refractivity contribution < 1.29 is 9.90 Å². The summed E-state index contributed by atoms with van der Waals surface area (Å²) in [6.45, 7) is 0. The maximum absolute atomic E-state index is 10.1. The number of rotatable bonds is 4. The van der Waals surface area contributed by atoms with Crippen molar-refractivity contribution >= 4 is 39.4 Å². The van der Waals surface area contributed by atoms with Crippen molar-refractivity contribution in [3.8, 4) is 0 Å². The number of halogens is 1. The molecule has 0 aliphatic rings. The smallest absolute Gasteiger partial charge is 0.320 e. The topological polar surface area (TPSA) is 63.3 Å². The maximum atomic E-state index is 10.1. The summed E-state index contributed by atoms with van der Waals surface area (Å²) in [5.74, 6) is -0.1000. The minimum atomic E-state index is -0.913. The summed E-state index contributed by atoms with van der Waals surface area (Å²) in [5.41, 5.74) is 5.19. The third kappa shape index (κ3) is 13.0. The van der Waals surface area contributed by atoms with E-state index in [2.05, 4.69) is 0 Å². The standard InChI is InChI=1S/C5H11NO2S.CH3ClS/c1-9-3-2-4(6)5(7)8;1-3-2/h4H,2-3,6H2,1H3,(H,7,8);1H3. The molecular formula is C6H14ClNO2S2. The van der Waals surface area contributed by atoms with Gasteiger partial charge in [-0.2, -0.15) is 11.8 Å². The van der Waals surface area contributed by atoms with Gasteiger partial charge >= 0.3 is 5.97 Å². The molecule has 0 saturated carbocycles. The lowest BCUT2D eigenvalue weighted by atomic mass is 10.2. The summed E-state index contributed by atoms with van der Waals surface area (Å²) in [6.07, 6.45) is 4.28. The normalized spacial score (nSPS) is 11.3. The summed E-state index contributed by atoms with van der Waals surface area (Å²) < 4.78 is 0. The summed E-state index contributed by atoms with van der Waals surface area (Å²) in [7, 11) is 6.14. The number of hydrogen-bond acceptors (Lipinski definition) is 4. The molecule has 0 fully saturated rings. The van der Waals surface area contributed by atoms with Crippen molar-refractivity contribution in [1.29, 1.82) is 0 Å². The van der Waals surface area contributed by atoms with Crippen LogP contribution in [0.3, 0.4) is 0 Å². The van der Waals surface area contributed by atoms with Crippen molar-refractivity contribution in [2.45, 2.75) is 12.5 Å². The molecule has 74 valence electrons. The van der Waals surface area contributed by atoms with E-state index >= 15 is 0 Å². The summed E-state index contributed by atoms with van der Waals surface area (Å²) in [6, 6.07) is -0.683. The van der Waals surface area contributed by atoms with Gasteiger partial charge < -0.3 is 10.8 Å². The molecule has 0 bridgehead atoms. The van der Waals surface area contributed by atoms with Gasteiger partial charge in [0.2, 0.25) is 0 Å². The molecule has 0 aliphatic heterocycles. The molecule has 0 rings (SSSR count). The van der Waals surface area contributed by atoms with Gasteiger partial charge in [0.25, 0.3) is 0 Å². The van der Waals surface area contributed by atoms with Crippen LogP contribution < -0.4 is 5.73 Å². The van der Waals surface area contributed by atoms with E-state index < -0.39 is 12.0 Å². The van der Waals surface area contributed by atoms with Gasteiger partial charge in [-0.05, 0) is 35.4 Å². The molecule has 3 nitrogen and oxygen atoms in total. The zero-order valence-electron chi connectivity index (χ0n) is 7.12. The Morgan fingerprint density at radius 2 is 2.08 bits per heavy atom. The van der Waals surface area contributed by atoms with Crippen molar-refractivity contribution in [3.05, 3.63) is 0 Å². The Balaban J connectivity index is 0. The number of hydrogen-bond donors (Lipinski definition) is 2. The van der Waals surface area contributed by atoms with Gasteiger partial charge in [-0.3, -0.25) is 4.79 Å². The Hall–Kier alpha value is 0.420. The minimum absolute atomic E-state index is 0.552. The molecule has 0 amide bonds. The molecule has 0 aromatic carbocycles. The lowest BCUT2D eigenvalue weighted by molar-refractivity contribution is -0.138. The van der Waals surface area contributed by atoms with Crippen LogP contribution in [-0.2, 0) is 4.79 Å². The van der Waals surface area contributed by atoms with E-state index in [1.165, 1.54) is 11.0 Å². The second kappa shape index (κ2) is 11.4. The van der Waals surface area contributed by atoms with Crippen LogP contribution in [-0.4, -0.2) is 35.4 Å². The monoisotopic (exact) mass is 231 g/mol. The van der Waals surface area contributed by atoms with E-state index in [4.69, 9.17) is 21.5 Å². The number of carbonyl (C=O) groups is 1. The minimum Gasteiger partial charge on any atom is -0.480 e. The van der Waals surface area contributed by atoms with Gasteiger partial charge in [-0.1, -0.05) is 11.0 Å². The molecule has 1 unspecified atom stereocenters. The van der Waals surface area contributed by atoms with E-state index in [9.17, 15) is 4.79 Å². The zero-order chi connectivity index (χ0) is 9.98. The molecule has 0 spiro atoms. The molecule has 3 N–H and O–H groups in total. The fraction of sp³-hybridized carbons (Fsp3) is 0.833. The Morgan fingerprint density at radius 1 is 1.67 bits per heavy atom. The molecule has 0 aromatic heterocycles. The number of aliphatic carboxylic acids is 1. The first kappa shape index (κ1) is 14.9. The van der Waals surface area contributed by atoms with Crippen LogP contribution in [0.25, 0.3) is 0 Å². The van der Waals surface area contributed by atoms with Crippen LogP contribution in [0.5, 0.6) is 0 Å². The lowest BCUT2D eigenvalue weighted by Gasteiger charge is -2.02. The van der Waals surface area contributed by atoms with Gasteiger partial charge in [0, 0.05) is 0 Å². The van der Waals surface area contributed by atoms with Gasteiger partial charge in [0.05, 0.1) is 0 Å². The SMILES string of the molecule is CSCCC(N)C(=O)O.CSCl. The Labute approximate surface area is 85.9 Å². The highest BCUT2D eigenvalue weighted by molar-refractivity contribution is 8.20. The van der Waals surface area contributed by atoms with E-state index in [1.54, 1.807) is 11.8 Å². The molecular weight excluding hydrogens is 218 g/mol. The molecule has 0 heterocycles. The van der Waals surface area contributed by atoms with Crippen LogP contribution >= 0.6 is 33.4 Å². The summed E-state index contributed by atoms with van der Waals surface area (Å²) in [4.78, 5) is 10.1. The Morgan fingerprint density at radius 3 is 2.33 bits per heavy atom. The van der Waals surface area contributed by atoms with Crippen LogP contribution in [0.1, 0.15) is 6.42 Å².